The number of anilines is 1. The normalized spacial score (nSPS) is 18.7. The maximum atomic E-state index is 13.4. The number of rotatable bonds is 9. The molecule has 40 heavy (non-hydrogen) atoms. The van der Waals surface area contributed by atoms with E-state index in [9.17, 15) is 23.1 Å². The molecule has 13 nitrogen and oxygen atoms in total. The number of nitrogens with one attached hydrogen (secondary N) is 1. The van der Waals surface area contributed by atoms with Crippen LogP contribution < -0.4 is 10.1 Å². The smallest absolute Gasteiger partial charge is 0.246 e. The van der Waals surface area contributed by atoms with Gasteiger partial charge in [-0.1, -0.05) is 25.1 Å². The molecule has 2 amide bonds. The molecule has 3 aromatic rings. The molecule has 3 atom stereocenters. The number of ether oxygens (including phenoxy) is 1. The molecule has 0 bridgehead atoms. The van der Waals surface area contributed by atoms with Crippen LogP contribution in [-0.4, -0.2) is 93.6 Å². The van der Waals surface area contributed by atoms with Gasteiger partial charge in [0, 0.05) is 30.8 Å². The van der Waals surface area contributed by atoms with Crippen molar-refractivity contribution in [3.8, 4) is 5.75 Å². The zero-order valence-corrected chi connectivity index (χ0v) is 23.4. The topological polar surface area (TPSA) is 160 Å². The van der Waals surface area contributed by atoms with E-state index in [-0.39, 0.29) is 55.3 Å². The summed E-state index contributed by atoms with van der Waals surface area (Å²) in [6, 6.07) is 12.6. The summed E-state index contributed by atoms with van der Waals surface area (Å²) in [7, 11) is -2.29. The van der Waals surface area contributed by atoms with E-state index in [1.807, 2.05) is 6.92 Å². The number of hydrogen-bond donors (Lipinski definition) is 2. The lowest BCUT2D eigenvalue weighted by Gasteiger charge is -2.33. The molecule has 0 radical (unpaired) electrons. The molecule has 2 N–H and O–H groups in total. The molecule has 4 rings (SSSR count). The molecule has 1 aliphatic rings. The van der Waals surface area contributed by atoms with E-state index in [2.05, 4.69) is 20.8 Å². The number of aliphatic hydroxyl groups is 1. The van der Waals surface area contributed by atoms with Gasteiger partial charge in [-0.3, -0.25) is 9.59 Å². The SMILES string of the molecule is C[C@@H]1CN([C@@H](C)CO)C(=O)Cc2cc(NC(=O)Cn3cnnn3)ccc2O[C@H]1CN(C)S(=O)(=O)c1ccccc1. The minimum Gasteiger partial charge on any atom is -0.488 e. The molecule has 0 aliphatic carbocycles. The third-order valence-corrected chi connectivity index (χ3v) is 8.62. The van der Waals surface area contributed by atoms with Crippen LogP contribution in [0.2, 0.25) is 0 Å². The molecule has 14 heteroatoms. The highest BCUT2D eigenvalue weighted by molar-refractivity contribution is 7.89. The van der Waals surface area contributed by atoms with E-state index >= 15 is 0 Å². The van der Waals surface area contributed by atoms with Gasteiger partial charge in [0.1, 0.15) is 24.7 Å². The van der Waals surface area contributed by atoms with Crippen LogP contribution >= 0.6 is 0 Å². The average molecular weight is 572 g/mol. The lowest BCUT2D eigenvalue weighted by Crippen LogP contribution is -2.48. The highest BCUT2D eigenvalue weighted by Gasteiger charge is 2.33. The number of tetrazole rings is 1. The van der Waals surface area contributed by atoms with Crippen molar-refractivity contribution < 1.29 is 27.9 Å². The predicted molar refractivity (Wildman–Crippen MR) is 145 cm³/mol. The van der Waals surface area contributed by atoms with E-state index in [4.69, 9.17) is 4.74 Å². The first-order valence-corrected chi connectivity index (χ1v) is 14.2. The molecule has 0 saturated heterocycles. The summed E-state index contributed by atoms with van der Waals surface area (Å²) >= 11 is 0. The van der Waals surface area contributed by atoms with Gasteiger partial charge in [0.15, 0.2) is 0 Å². The summed E-state index contributed by atoms with van der Waals surface area (Å²) < 4.78 is 35.4. The van der Waals surface area contributed by atoms with Crippen molar-refractivity contribution in [1.82, 2.24) is 29.4 Å². The van der Waals surface area contributed by atoms with E-state index in [1.165, 1.54) is 34.5 Å². The van der Waals surface area contributed by atoms with Crippen molar-refractivity contribution in [3.05, 3.63) is 60.4 Å². The summed E-state index contributed by atoms with van der Waals surface area (Å²) in [5.41, 5.74) is 0.968. The van der Waals surface area contributed by atoms with Crippen molar-refractivity contribution in [1.29, 1.82) is 0 Å². The van der Waals surface area contributed by atoms with E-state index < -0.39 is 22.2 Å². The Labute approximate surface area is 232 Å². The number of nitrogens with zero attached hydrogens (tertiary/aromatic N) is 6. The molecular formula is C26H33N7O6S. The number of benzene rings is 2. The van der Waals surface area contributed by atoms with Gasteiger partial charge in [0.2, 0.25) is 21.8 Å². The minimum atomic E-state index is -3.79. The van der Waals surface area contributed by atoms with E-state index in [0.29, 0.717) is 17.0 Å². The number of sulfonamides is 1. The van der Waals surface area contributed by atoms with Crippen molar-refractivity contribution in [2.45, 2.75) is 43.9 Å². The number of amides is 2. The van der Waals surface area contributed by atoms with Crippen LogP contribution in [0.15, 0.2) is 59.8 Å². The highest BCUT2D eigenvalue weighted by atomic mass is 32.2. The molecule has 1 aromatic heterocycles. The van der Waals surface area contributed by atoms with Gasteiger partial charge in [-0.25, -0.2) is 13.1 Å². The van der Waals surface area contributed by atoms with Gasteiger partial charge in [-0.05, 0) is 47.7 Å². The van der Waals surface area contributed by atoms with Gasteiger partial charge in [0.05, 0.1) is 30.5 Å². The first-order chi connectivity index (χ1) is 19.1. The number of aromatic nitrogens is 4. The quantitative estimate of drug-likeness (QED) is 0.378. The summed E-state index contributed by atoms with van der Waals surface area (Å²) in [4.78, 5) is 27.6. The van der Waals surface area contributed by atoms with Crippen molar-refractivity contribution in [2.24, 2.45) is 5.92 Å². The average Bonchev–Trinajstić information content (AvgIpc) is 3.45. The third-order valence-electron chi connectivity index (χ3n) is 6.79. The predicted octanol–water partition coefficient (Wildman–Crippen LogP) is 0.782. The van der Waals surface area contributed by atoms with Crippen LogP contribution in [0.4, 0.5) is 5.69 Å². The monoisotopic (exact) mass is 571 g/mol. The number of carbonyl (C=O) groups excluding carboxylic acids is 2. The Hall–Kier alpha value is -3.88. The third kappa shape index (κ3) is 6.81. The van der Waals surface area contributed by atoms with Crippen LogP contribution in [0.3, 0.4) is 0 Å². The first kappa shape index (κ1) is 29.1. The highest BCUT2D eigenvalue weighted by Crippen LogP contribution is 2.30. The number of likely N-dealkylation sites (N-methyl/N-ethyl adjacent to an activating group) is 1. The minimum absolute atomic E-state index is 0.0256. The van der Waals surface area contributed by atoms with Gasteiger partial charge in [-0.15, -0.1) is 5.10 Å². The Morgan fingerprint density at radius 2 is 2.00 bits per heavy atom. The first-order valence-electron chi connectivity index (χ1n) is 12.8. The van der Waals surface area contributed by atoms with Crippen molar-refractivity contribution in [3.63, 3.8) is 0 Å². The molecule has 0 spiro atoms. The number of aliphatic hydroxyl groups excluding tert-OH is 1. The van der Waals surface area contributed by atoms with Crippen LogP contribution in [-0.2, 0) is 32.6 Å². The fourth-order valence-electron chi connectivity index (χ4n) is 4.45. The molecule has 2 aromatic carbocycles. The number of hydrogen-bond acceptors (Lipinski definition) is 9. The van der Waals surface area contributed by atoms with E-state index in [1.54, 1.807) is 48.2 Å². The van der Waals surface area contributed by atoms with Gasteiger partial charge in [-0.2, -0.15) is 4.31 Å². The fourth-order valence-corrected chi connectivity index (χ4v) is 5.65. The summed E-state index contributed by atoms with van der Waals surface area (Å²) in [6.45, 7) is 3.60. The Kier molecular flexibility index (Phi) is 9.12. The van der Waals surface area contributed by atoms with Crippen molar-refractivity contribution >= 4 is 27.5 Å². The second-order valence-corrected chi connectivity index (χ2v) is 11.9. The van der Waals surface area contributed by atoms with Gasteiger partial charge in [0.25, 0.3) is 0 Å². The zero-order chi connectivity index (χ0) is 28.9. The standard InChI is InChI=1S/C26H33N7O6S/c1-18-13-33(19(2)16-34)26(36)12-20-11-21(28-25(35)15-32-17-27-29-30-32)9-10-23(20)39-24(18)14-31(3)40(37,38)22-7-5-4-6-8-22/h4-11,17-19,24,34H,12-16H2,1-3H3,(H,28,35)/t18-,19+,24+/m1/s1. The Morgan fingerprint density at radius 3 is 2.67 bits per heavy atom. The molecule has 0 fully saturated rings. The van der Waals surface area contributed by atoms with E-state index in [0.717, 1.165) is 0 Å². The molecule has 0 saturated carbocycles. The van der Waals surface area contributed by atoms with Crippen LogP contribution in [0.25, 0.3) is 0 Å². The molecular weight excluding hydrogens is 538 g/mol. The molecule has 0 unspecified atom stereocenters. The Bertz CT molecular complexity index is 1420. The summed E-state index contributed by atoms with van der Waals surface area (Å²) in [5.74, 6) is -0.459. The second kappa shape index (κ2) is 12.5. The van der Waals surface area contributed by atoms with Crippen LogP contribution in [0, 0.1) is 5.92 Å². The van der Waals surface area contributed by atoms with Gasteiger partial charge >= 0.3 is 0 Å². The van der Waals surface area contributed by atoms with Crippen LogP contribution in [0.1, 0.15) is 19.4 Å². The summed E-state index contributed by atoms with van der Waals surface area (Å²) in [6.07, 6.45) is 0.666. The maximum absolute atomic E-state index is 13.4. The zero-order valence-electron chi connectivity index (χ0n) is 22.5. The number of fused-ring (bicyclic) bond motifs is 1. The van der Waals surface area contributed by atoms with Crippen molar-refractivity contribution in [2.75, 3.05) is 32.1 Å². The lowest BCUT2D eigenvalue weighted by atomic mass is 10.0. The largest absolute Gasteiger partial charge is 0.488 e. The lowest BCUT2D eigenvalue weighted by molar-refractivity contribution is -0.134. The molecule has 2 heterocycles. The maximum Gasteiger partial charge on any atom is 0.246 e. The summed E-state index contributed by atoms with van der Waals surface area (Å²) in [5, 5.41) is 23.3. The number of carbonyl (C=O) groups is 2. The fraction of sp³-hybridized carbons (Fsp3) is 0.423. The Balaban J connectivity index is 1.62. The second-order valence-electron chi connectivity index (χ2n) is 9.86. The van der Waals surface area contributed by atoms with Crippen LogP contribution in [0.5, 0.6) is 5.75 Å². The molecule has 214 valence electrons. The Morgan fingerprint density at radius 1 is 1.25 bits per heavy atom. The van der Waals surface area contributed by atoms with Gasteiger partial charge < -0.3 is 20.1 Å². The molecule has 1 aliphatic heterocycles.